The molecule has 0 spiro atoms. The molecular formula is C135H92N10OS. The minimum Gasteiger partial charge on any atom is -0.455 e. The van der Waals surface area contributed by atoms with Crippen LogP contribution < -0.4 is 0 Å². The fourth-order valence-corrected chi connectivity index (χ4v) is 26.1. The van der Waals surface area contributed by atoms with Gasteiger partial charge in [-0.25, -0.2) is 29.9 Å². The van der Waals surface area contributed by atoms with Crippen molar-refractivity contribution in [2.24, 2.45) is 0 Å². The summed E-state index contributed by atoms with van der Waals surface area (Å²) in [5.74, 6) is 2.16. The Hall–Kier alpha value is -18.4. The van der Waals surface area contributed by atoms with Gasteiger partial charge in [0.25, 0.3) is 0 Å². The van der Waals surface area contributed by atoms with Crippen molar-refractivity contribution < 1.29 is 4.42 Å². The first-order chi connectivity index (χ1) is 72.3. The van der Waals surface area contributed by atoms with Crippen LogP contribution in [0.25, 0.3) is 254 Å². The maximum absolute atomic E-state index is 6.57. The molecule has 0 atom stereocenters. The first kappa shape index (κ1) is 85.4. The average molecular weight is 1900 g/mol. The van der Waals surface area contributed by atoms with E-state index >= 15 is 0 Å². The lowest BCUT2D eigenvalue weighted by molar-refractivity contribution is 0.657. The summed E-state index contributed by atoms with van der Waals surface area (Å²) in [6.07, 6.45) is 0. The minimum atomic E-state index is -0.245. The van der Waals surface area contributed by atoms with E-state index in [1.165, 1.54) is 125 Å². The summed E-state index contributed by atoms with van der Waals surface area (Å²) in [4.78, 5) is 32.7. The zero-order chi connectivity index (χ0) is 97.8. The smallest absolute Gasteiger partial charge is 0.162 e. The minimum absolute atomic E-state index is 0.225. The lowest BCUT2D eigenvalue weighted by Gasteiger charge is -2.24. The van der Waals surface area contributed by atoms with Crippen LogP contribution in [0.5, 0.6) is 0 Å². The molecule has 0 fully saturated rings. The second-order valence-corrected chi connectivity index (χ2v) is 41.5. The van der Waals surface area contributed by atoms with Gasteiger partial charge in [-0.3, -0.25) is 0 Å². The van der Waals surface area contributed by atoms with Gasteiger partial charge in [0.2, 0.25) is 0 Å². The van der Waals surface area contributed by atoms with Crippen molar-refractivity contribution >= 4 is 141 Å². The molecule has 11 nitrogen and oxygen atoms in total. The average Bonchev–Trinajstić information content (AvgIpc) is 1.55. The normalized spacial score (nSPS) is 13.4. The molecule has 147 heavy (non-hydrogen) atoms. The number of thiophene rings is 1. The van der Waals surface area contributed by atoms with Crippen molar-refractivity contribution in [1.29, 1.82) is 0 Å². The third-order valence-electron chi connectivity index (χ3n) is 31.3. The van der Waals surface area contributed by atoms with Gasteiger partial charge >= 0.3 is 0 Å². The van der Waals surface area contributed by atoms with Crippen LogP contribution >= 0.6 is 11.3 Å². The van der Waals surface area contributed by atoms with Crippen molar-refractivity contribution in [3.63, 3.8) is 0 Å². The van der Waals surface area contributed by atoms with Crippen molar-refractivity contribution in [3.8, 4) is 124 Å². The molecule has 0 bridgehead atoms. The summed E-state index contributed by atoms with van der Waals surface area (Å²) in [7, 11) is 0. The number of furan rings is 1. The highest BCUT2D eigenvalue weighted by Gasteiger charge is 2.44. The SMILES string of the molecule is CC1(C)c2ccccc2-c2nc(-c3ccccc3-n3c4ccccc4c4c3ccc3c5ccccc5n(-c5ccccc5)c34)nc(-c3ccccc3)c21.CC1(C)c2ccccc2-c2nc(-c3ccccc3-n3c4ccccc4c4c5oc6ccccc6c5ccc43)nc(-c3ccccc3)c21.CC1(C)c2ccccc2-c2nc(-c3ccccc3-n3c4ccccc4c4c5sc6ccccc6c5ccc43)nc(-c3ccccc3)c21. The van der Waals surface area contributed by atoms with E-state index in [0.29, 0.717) is 5.82 Å². The first-order valence-corrected chi connectivity index (χ1v) is 51.3. The third-order valence-corrected chi connectivity index (χ3v) is 32.5. The van der Waals surface area contributed by atoms with E-state index in [2.05, 4.69) is 497 Å². The number of nitrogens with zero attached hydrogens (tertiary/aromatic N) is 10. The molecule has 28 aromatic rings. The van der Waals surface area contributed by atoms with Crippen LogP contribution in [0.2, 0.25) is 0 Å². The summed E-state index contributed by atoms with van der Waals surface area (Å²) in [6, 6.07) is 160. The molecule has 12 heteroatoms. The van der Waals surface area contributed by atoms with Gasteiger partial charge in [0.1, 0.15) is 11.2 Å². The fourth-order valence-electron chi connectivity index (χ4n) is 24.8. The molecule has 9 aromatic heterocycles. The maximum Gasteiger partial charge on any atom is 0.162 e. The highest BCUT2D eigenvalue weighted by Crippen LogP contribution is 2.58. The number of hydrogen-bond acceptors (Lipinski definition) is 8. The van der Waals surface area contributed by atoms with E-state index < -0.39 is 0 Å². The molecule has 3 aliphatic rings. The molecule has 0 saturated heterocycles. The molecule has 3 aliphatic carbocycles. The Bertz CT molecular complexity index is 9990. The molecule has 31 rings (SSSR count). The van der Waals surface area contributed by atoms with E-state index in [1.54, 1.807) is 0 Å². The van der Waals surface area contributed by atoms with Crippen LogP contribution in [0, 0.1) is 0 Å². The number of para-hydroxylation sites is 9. The molecule has 0 radical (unpaired) electrons. The predicted molar refractivity (Wildman–Crippen MR) is 609 cm³/mol. The van der Waals surface area contributed by atoms with Crippen molar-refractivity contribution in [2.75, 3.05) is 0 Å². The molecule has 0 N–H and O–H groups in total. The van der Waals surface area contributed by atoms with E-state index in [-0.39, 0.29) is 16.2 Å². The second kappa shape index (κ2) is 32.8. The summed E-state index contributed by atoms with van der Waals surface area (Å²) in [6.45, 7) is 13.8. The molecule has 19 aromatic carbocycles. The Kier molecular flexibility index (Phi) is 19.1. The number of aromatic nitrogens is 10. The van der Waals surface area contributed by atoms with Crippen molar-refractivity contribution in [2.45, 2.75) is 57.8 Å². The molecule has 0 unspecified atom stereocenters. The van der Waals surface area contributed by atoms with Gasteiger partial charge in [0, 0.05) is 157 Å². The van der Waals surface area contributed by atoms with Crippen LogP contribution in [-0.4, -0.2) is 48.2 Å². The second-order valence-electron chi connectivity index (χ2n) is 40.5. The highest BCUT2D eigenvalue weighted by molar-refractivity contribution is 7.26. The van der Waals surface area contributed by atoms with Gasteiger partial charge in [-0.05, 0) is 126 Å². The lowest BCUT2D eigenvalue weighted by Crippen LogP contribution is -2.17. The first-order valence-electron chi connectivity index (χ1n) is 50.5. The van der Waals surface area contributed by atoms with E-state index in [9.17, 15) is 0 Å². The van der Waals surface area contributed by atoms with Crippen LogP contribution in [0.15, 0.2) is 453 Å². The monoisotopic (exact) mass is 1900 g/mol. The Balaban J connectivity index is 0.000000104. The van der Waals surface area contributed by atoms with Crippen molar-refractivity contribution in [1.82, 2.24) is 48.2 Å². The molecule has 694 valence electrons. The van der Waals surface area contributed by atoms with Gasteiger partial charge in [-0.15, -0.1) is 11.3 Å². The van der Waals surface area contributed by atoms with Crippen LogP contribution in [0.4, 0.5) is 0 Å². The third kappa shape index (κ3) is 12.8. The quantitative estimate of drug-likeness (QED) is 0.134. The molecule has 0 aliphatic heterocycles. The lowest BCUT2D eigenvalue weighted by atomic mass is 9.81. The zero-order valence-corrected chi connectivity index (χ0v) is 82.3. The summed E-state index contributed by atoms with van der Waals surface area (Å²) >= 11 is 1.88. The van der Waals surface area contributed by atoms with Gasteiger partial charge in [0.15, 0.2) is 17.5 Å². The van der Waals surface area contributed by atoms with E-state index in [4.69, 9.17) is 34.3 Å². The largest absolute Gasteiger partial charge is 0.455 e. The standard InChI is InChI=1S/C49H34N4.C43H29N3O.C43H29N3S/c1-49(2)38-25-13-9-22-35(38)46-44(49)45(31-17-5-3-6-18-31)50-48(51-46)37-24-12-16-28-41(37)53-40-27-15-11-23-36(40)43-42(53)30-29-34-33-21-10-14-26-39(33)52(47(34)43)32-19-7-4-8-20-32;2*1-43(2)32-20-10-6-17-29(32)40-38(43)39(26-14-4-3-5-15-26)44-42(45-40)31-19-8-12-22-34(31)46-33-21-11-7-18-30(33)37-35(46)25-24-28-27-16-9-13-23-36(27)47-41(28)37/h3-30H,1-2H3;2*3-25H,1-2H3. The van der Waals surface area contributed by atoms with E-state index in [0.717, 1.165) is 157 Å². The zero-order valence-electron chi connectivity index (χ0n) is 81.5. The topological polar surface area (TPSA) is 110 Å². The summed E-state index contributed by atoms with van der Waals surface area (Å²) < 4.78 is 18.8. The fraction of sp³-hybridized carbons (Fsp3) is 0.0667. The molecular weight excluding hydrogens is 1810 g/mol. The van der Waals surface area contributed by atoms with Gasteiger partial charge < -0.3 is 22.7 Å². The summed E-state index contributed by atoms with van der Waals surface area (Å²) in [5, 5.41) is 14.6. The maximum atomic E-state index is 6.57. The number of hydrogen-bond donors (Lipinski definition) is 0. The van der Waals surface area contributed by atoms with Crippen LogP contribution in [0.3, 0.4) is 0 Å². The summed E-state index contributed by atoms with van der Waals surface area (Å²) in [5.41, 5.74) is 37.9. The molecule has 0 saturated carbocycles. The van der Waals surface area contributed by atoms with Gasteiger partial charge in [-0.2, -0.15) is 0 Å². The number of rotatable bonds is 10. The number of benzene rings is 19. The molecule has 0 amide bonds. The Morgan fingerprint density at radius 3 is 0.980 bits per heavy atom. The molecule has 9 heterocycles. The Labute approximate surface area is 851 Å². The van der Waals surface area contributed by atoms with E-state index in [1.807, 2.05) is 23.5 Å². The van der Waals surface area contributed by atoms with Gasteiger partial charge in [-0.1, -0.05) is 381 Å². The number of fused-ring (bicyclic) bond motifs is 30. The van der Waals surface area contributed by atoms with Crippen LogP contribution in [-0.2, 0) is 16.2 Å². The predicted octanol–water partition coefficient (Wildman–Crippen LogP) is 35.0. The van der Waals surface area contributed by atoms with Crippen molar-refractivity contribution in [3.05, 3.63) is 482 Å². The Morgan fingerprint density at radius 1 is 0.218 bits per heavy atom. The Morgan fingerprint density at radius 2 is 0.531 bits per heavy atom. The highest BCUT2D eigenvalue weighted by atomic mass is 32.1. The van der Waals surface area contributed by atoms with Crippen LogP contribution in [0.1, 0.15) is 74.9 Å². The van der Waals surface area contributed by atoms with Gasteiger partial charge in [0.05, 0.1) is 101 Å².